The molecule has 6 nitrogen and oxygen atoms in total. The van der Waals surface area contributed by atoms with Crippen molar-refractivity contribution in [2.45, 2.75) is 38.5 Å². The lowest BCUT2D eigenvalue weighted by Crippen LogP contribution is -2.35. The van der Waals surface area contributed by atoms with Crippen LogP contribution in [0.2, 0.25) is 0 Å². The van der Waals surface area contributed by atoms with Crippen LogP contribution in [-0.4, -0.2) is 35.3 Å². The molecule has 0 bridgehead atoms. The summed E-state index contributed by atoms with van der Waals surface area (Å²) >= 11 is 0. The molecule has 1 aromatic heterocycles. The number of carbonyl (C=O) groups is 1. The van der Waals surface area contributed by atoms with Crippen molar-refractivity contribution < 1.29 is 13.2 Å². The molecule has 130 valence electrons. The van der Waals surface area contributed by atoms with Crippen LogP contribution in [0.1, 0.15) is 39.1 Å². The first kappa shape index (κ1) is 18.2. The molecule has 1 amide bonds. The van der Waals surface area contributed by atoms with E-state index in [1.807, 2.05) is 37.3 Å². The van der Waals surface area contributed by atoms with Gasteiger partial charge in [0, 0.05) is 0 Å². The molecule has 2 N–H and O–H groups in total. The van der Waals surface area contributed by atoms with Crippen molar-refractivity contribution in [3.05, 3.63) is 42.4 Å². The highest BCUT2D eigenvalue weighted by Crippen LogP contribution is 2.20. The molecule has 1 atom stereocenters. The zero-order valence-corrected chi connectivity index (χ0v) is 14.9. The summed E-state index contributed by atoms with van der Waals surface area (Å²) in [7, 11) is -3.41. The number of aromatic amines is 1. The monoisotopic (exact) mass is 349 g/mol. The zero-order valence-electron chi connectivity index (χ0n) is 14.1. The summed E-state index contributed by atoms with van der Waals surface area (Å²) in [4.78, 5) is 19.6. The van der Waals surface area contributed by atoms with Gasteiger partial charge in [-0.3, -0.25) is 4.79 Å². The number of hydrogen-bond donors (Lipinski definition) is 2. The summed E-state index contributed by atoms with van der Waals surface area (Å²) in [5.74, 6) is -0.396. The maximum absolute atomic E-state index is 12.1. The summed E-state index contributed by atoms with van der Waals surface area (Å²) in [5.41, 5.74) is 1.85. The van der Waals surface area contributed by atoms with E-state index in [4.69, 9.17) is 0 Å². The first-order valence-corrected chi connectivity index (χ1v) is 9.66. The van der Waals surface area contributed by atoms with Crippen LogP contribution in [0.5, 0.6) is 0 Å². The van der Waals surface area contributed by atoms with E-state index in [2.05, 4.69) is 15.3 Å². The smallest absolute Gasteiger partial charge is 0.235 e. The van der Waals surface area contributed by atoms with Gasteiger partial charge in [-0.15, -0.1) is 0 Å². The minimum atomic E-state index is -3.41. The van der Waals surface area contributed by atoms with E-state index in [9.17, 15) is 13.2 Å². The van der Waals surface area contributed by atoms with Crippen molar-refractivity contribution in [2.75, 3.05) is 5.75 Å². The number of H-pyrrole nitrogens is 1. The number of hydrogen-bond acceptors (Lipinski definition) is 4. The molecule has 1 heterocycles. The Morgan fingerprint density at radius 1 is 1.25 bits per heavy atom. The Hall–Kier alpha value is -2.15. The third-order valence-corrected chi connectivity index (χ3v) is 5.91. The van der Waals surface area contributed by atoms with E-state index >= 15 is 0 Å². The molecule has 0 aliphatic rings. The van der Waals surface area contributed by atoms with Crippen molar-refractivity contribution in [3.8, 4) is 11.3 Å². The number of imidazole rings is 1. The summed E-state index contributed by atoms with van der Waals surface area (Å²) in [6, 6.07) is 9.39. The van der Waals surface area contributed by atoms with Gasteiger partial charge in [0.25, 0.3) is 0 Å². The Morgan fingerprint density at radius 3 is 2.50 bits per heavy atom. The second-order valence-electron chi connectivity index (χ2n) is 5.93. The molecule has 1 aromatic carbocycles. The van der Waals surface area contributed by atoms with Crippen LogP contribution < -0.4 is 5.32 Å². The number of aromatic nitrogens is 2. The second-order valence-corrected chi connectivity index (χ2v) is 8.49. The second kappa shape index (κ2) is 7.61. The molecule has 0 spiro atoms. The van der Waals surface area contributed by atoms with E-state index in [1.54, 1.807) is 20.0 Å². The number of rotatable bonds is 7. The fourth-order valence-electron chi connectivity index (χ4n) is 2.23. The minimum Gasteiger partial charge on any atom is -0.345 e. The molecule has 1 unspecified atom stereocenters. The van der Waals surface area contributed by atoms with E-state index < -0.39 is 26.7 Å². The fourth-order valence-corrected chi connectivity index (χ4v) is 3.01. The Morgan fingerprint density at radius 2 is 1.92 bits per heavy atom. The predicted octanol–water partition coefficient (Wildman–Crippen LogP) is 2.47. The Balaban J connectivity index is 2.10. The first-order valence-electron chi connectivity index (χ1n) is 7.94. The van der Waals surface area contributed by atoms with Crippen molar-refractivity contribution in [2.24, 2.45) is 0 Å². The number of nitrogens with one attached hydrogen (secondary N) is 2. The van der Waals surface area contributed by atoms with E-state index in [-0.39, 0.29) is 6.04 Å². The van der Waals surface area contributed by atoms with Crippen molar-refractivity contribution in [3.63, 3.8) is 0 Å². The largest absolute Gasteiger partial charge is 0.345 e. The molecule has 7 heteroatoms. The lowest BCUT2D eigenvalue weighted by atomic mass is 10.2. The quantitative estimate of drug-likeness (QED) is 0.803. The molecule has 2 aromatic rings. The van der Waals surface area contributed by atoms with Crippen LogP contribution >= 0.6 is 0 Å². The molecular weight excluding hydrogens is 326 g/mol. The van der Waals surface area contributed by atoms with Crippen LogP contribution in [0.3, 0.4) is 0 Å². The van der Waals surface area contributed by atoms with Gasteiger partial charge >= 0.3 is 0 Å². The number of carbonyl (C=O) groups excluding carboxylic acids is 1. The van der Waals surface area contributed by atoms with Gasteiger partial charge in [-0.05, 0) is 25.8 Å². The van der Waals surface area contributed by atoms with Crippen molar-refractivity contribution in [1.29, 1.82) is 0 Å². The topological polar surface area (TPSA) is 91.9 Å². The SMILES string of the molecule is CCC(NC(=O)CS(=O)(=O)C(C)C)c1ncc(-c2ccccc2)[nH]1. The predicted molar refractivity (Wildman–Crippen MR) is 94.1 cm³/mol. The van der Waals surface area contributed by atoms with Gasteiger partial charge in [0.15, 0.2) is 9.84 Å². The first-order chi connectivity index (χ1) is 11.3. The summed E-state index contributed by atoms with van der Waals surface area (Å²) in [5, 5.41) is 2.17. The lowest BCUT2D eigenvalue weighted by molar-refractivity contribution is -0.119. The normalized spacial score (nSPS) is 13.0. The Bertz CT molecular complexity index is 782. The minimum absolute atomic E-state index is 0.350. The van der Waals surface area contributed by atoms with Crippen molar-refractivity contribution in [1.82, 2.24) is 15.3 Å². The zero-order chi connectivity index (χ0) is 17.7. The van der Waals surface area contributed by atoms with Gasteiger partial charge in [0.2, 0.25) is 5.91 Å². The van der Waals surface area contributed by atoms with Crippen LogP contribution in [-0.2, 0) is 14.6 Å². The van der Waals surface area contributed by atoms with Gasteiger partial charge in [-0.2, -0.15) is 0 Å². The third-order valence-electron chi connectivity index (χ3n) is 3.80. The van der Waals surface area contributed by atoms with E-state index in [1.165, 1.54) is 0 Å². The molecule has 0 radical (unpaired) electrons. The van der Waals surface area contributed by atoms with E-state index in [0.717, 1.165) is 11.3 Å². The molecule has 0 saturated carbocycles. The average Bonchev–Trinajstić information content (AvgIpc) is 3.02. The van der Waals surface area contributed by atoms with Crippen LogP contribution in [0.25, 0.3) is 11.3 Å². The molecule has 0 fully saturated rings. The number of nitrogens with zero attached hydrogens (tertiary/aromatic N) is 1. The Kier molecular flexibility index (Phi) is 5.77. The molecule has 24 heavy (non-hydrogen) atoms. The molecule has 2 rings (SSSR count). The van der Waals surface area contributed by atoms with Crippen LogP contribution in [0.4, 0.5) is 0 Å². The van der Waals surface area contributed by atoms with Gasteiger partial charge in [0.05, 0.1) is 23.2 Å². The van der Waals surface area contributed by atoms with Crippen molar-refractivity contribution >= 4 is 15.7 Å². The maximum Gasteiger partial charge on any atom is 0.235 e. The summed E-state index contributed by atoms with van der Waals surface area (Å²) in [6.07, 6.45) is 2.32. The number of sulfone groups is 1. The standard InChI is InChI=1S/C17H23N3O3S/c1-4-14(19-16(21)11-24(22,23)12(2)3)17-18-10-15(20-17)13-8-6-5-7-9-13/h5-10,12,14H,4,11H2,1-3H3,(H,18,20)(H,19,21). The molecular formula is C17H23N3O3S. The van der Waals surface area contributed by atoms with Gasteiger partial charge in [-0.1, -0.05) is 37.3 Å². The van der Waals surface area contributed by atoms with E-state index in [0.29, 0.717) is 12.2 Å². The van der Waals surface area contributed by atoms with Gasteiger partial charge < -0.3 is 10.3 Å². The summed E-state index contributed by atoms with van der Waals surface area (Å²) in [6.45, 7) is 5.05. The molecule has 0 aliphatic carbocycles. The average molecular weight is 349 g/mol. The summed E-state index contributed by atoms with van der Waals surface area (Å²) < 4.78 is 23.7. The number of benzene rings is 1. The Labute approximate surface area is 142 Å². The van der Waals surface area contributed by atoms with Crippen LogP contribution in [0.15, 0.2) is 36.5 Å². The number of amides is 1. The molecule has 0 saturated heterocycles. The highest BCUT2D eigenvalue weighted by atomic mass is 32.2. The third kappa shape index (κ3) is 4.44. The highest BCUT2D eigenvalue weighted by molar-refractivity contribution is 7.92. The highest BCUT2D eigenvalue weighted by Gasteiger charge is 2.23. The van der Waals surface area contributed by atoms with Gasteiger partial charge in [0.1, 0.15) is 11.6 Å². The fraction of sp³-hybridized carbons (Fsp3) is 0.412. The maximum atomic E-state index is 12.1. The van der Waals surface area contributed by atoms with Gasteiger partial charge in [-0.25, -0.2) is 13.4 Å². The molecule has 0 aliphatic heterocycles. The van der Waals surface area contributed by atoms with Crippen LogP contribution in [0, 0.1) is 0 Å². The lowest BCUT2D eigenvalue weighted by Gasteiger charge is -2.15.